The van der Waals surface area contributed by atoms with Crippen molar-refractivity contribution < 1.29 is 9.90 Å². The van der Waals surface area contributed by atoms with Crippen LogP contribution >= 0.6 is 34.8 Å². The van der Waals surface area contributed by atoms with Gasteiger partial charge in [-0.05, 0) is 31.9 Å². The van der Waals surface area contributed by atoms with E-state index in [2.05, 4.69) is 5.32 Å². The van der Waals surface area contributed by atoms with E-state index in [9.17, 15) is 9.90 Å². The van der Waals surface area contributed by atoms with Crippen molar-refractivity contribution in [2.24, 2.45) is 0 Å². The van der Waals surface area contributed by atoms with Gasteiger partial charge >= 0.3 is 0 Å². The van der Waals surface area contributed by atoms with E-state index in [-0.39, 0.29) is 22.4 Å². The molecule has 6 heteroatoms. The maximum atomic E-state index is 12.3. The molecular formula is C14H18Cl3NO2. The third-order valence-electron chi connectivity index (χ3n) is 3.54. The Bertz CT molecular complexity index is 507. The second kappa shape index (κ2) is 6.99. The van der Waals surface area contributed by atoms with E-state index in [1.165, 1.54) is 0 Å². The average molecular weight is 339 g/mol. The summed E-state index contributed by atoms with van der Waals surface area (Å²) in [5.74, 6) is -0.349. The molecule has 2 unspecified atom stereocenters. The number of rotatable bonds is 5. The highest BCUT2D eigenvalue weighted by Crippen LogP contribution is 2.29. The Morgan fingerprint density at radius 1 is 1.40 bits per heavy atom. The van der Waals surface area contributed by atoms with Gasteiger partial charge in [-0.3, -0.25) is 4.79 Å². The van der Waals surface area contributed by atoms with Crippen molar-refractivity contribution in [1.29, 1.82) is 0 Å². The zero-order chi connectivity index (χ0) is 15.5. The first kappa shape index (κ1) is 17.6. The lowest BCUT2D eigenvalue weighted by atomic mass is 9.92. The van der Waals surface area contributed by atoms with E-state index in [1.54, 1.807) is 19.1 Å². The molecule has 0 saturated carbocycles. The fourth-order valence-corrected chi connectivity index (χ4v) is 2.53. The smallest absolute Gasteiger partial charge is 0.253 e. The maximum Gasteiger partial charge on any atom is 0.253 e. The van der Waals surface area contributed by atoms with Crippen molar-refractivity contribution in [2.75, 3.05) is 5.88 Å². The number of aliphatic hydroxyl groups excluding tert-OH is 1. The first-order chi connectivity index (χ1) is 9.26. The Morgan fingerprint density at radius 3 is 2.50 bits per heavy atom. The monoisotopic (exact) mass is 337 g/mol. The van der Waals surface area contributed by atoms with Crippen LogP contribution in [0.5, 0.6) is 0 Å². The molecule has 0 radical (unpaired) electrons. The Labute approximate surface area is 134 Å². The first-order valence-electron chi connectivity index (χ1n) is 6.28. The van der Waals surface area contributed by atoms with E-state index in [4.69, 9.17) is 34.8 Å². The Kier molecular flexibility index (Phi) is 6.14. The fraction of sp³-hybridized carbons (Fsp3) is 0.500. The quantitative estimate of drug-likeness (QED) is 0.802. The molecule has 20 heavy (non-hydrogen) atoms. The van der Waals surface area contributed by atoms with E-state index in [0.29, 0.717) is 11.4 Å². The van der Waals surface area contributed by atoms with Crippen molar-refractivity contribution in [3.05, 3.63) is 33.3 Å². The number of nitrogens with one attached hydrogen (secondary N) is 1. The molecule has 0 bridgehead atoms. The van der Waals surface area contributed by atoms with Crippen molar-refractivity contribution in [3.63, 3.8) is 0 Å². The maximum absolute atomic E-state index is 12.3. The summed E-state index contributed by atoms with van der Waals surface area (Å²) in [4.78, 5) is 12.3. The van der Waals surface area contributed by atoms with Gasteiger partial charge < -0.3 is 10.4 Å². The van der Waals surface area contributed by atoms with Crippen LogP contribution in [0.2, 0.25) is 10.0 Å². The predicted molar refractivity (Wildman–Crippen MR) is 84.1 cm³/mol. The van der Waals surface area contributed by atoms with Crippen LogP contribution in [0.15, 0.2) is 12.1 Å². The van der Waals surface area contributed by atoms with Crippen molar-refractivity contribution in [2.45, 2.75) is 38.8 Å². The molecule has 112 valence electrons. The molecule has 0 aliphatic rings. The van der Waals surface area contributed by atoms with Gasteiger partial charge in [-0.2, -0.15) is 0 Å². The van der Waals surface area contributed by atoms with Crippen molar-refractivity contribution in [3.8, 4) is 0 Å². The largest absolute Gasteiger partial charge is 0.389 e. The molecule has 0 saturated heterocycles. The van der Waals surface area contributed by atoms with Gasteiger partial charge in [0.05, 0.1) is 33.1 Å². The predicted octanol–water partition coefficient (Wildman–Crippen LogP) is 3.80. The summed E-state index contributed by atoms with van der Waals surface area (Å²) in [6.07, 6.45) is -0.318. The molecule has 3 nitrogen and oxygen atoms in total. The first-order valence-corrected chi connectivity index (χ1v) is 7.57. The summed E-state index contributed by atoms with van der Waals surface area (Å²) in [6, 6.07) is 3.34. The number of amides is 1. The van der Waals surface area contributed by atoms with Crippen molar-refractivity contribution >= 4 is 40.7 Å². The van der Waals surface area contributed by atoms with E-state index >= 15 is 0 Å². The van der Waals surface area contributed by atoms with Crippen LogP contribution in [0.3, 0.4) is 0 Å². The van der Waals surface area contributed by atoms with E-state index in [0.717, 1.165) is 5.56 Å². The Hall–Kier alpha value is -0.480. The molecule has 1 rings (SSSR count). The van der Waals surface area contributed by atoms with Crippen LogP contribution < -0.4 is 5.32 Å². The van der Waals surface area contributed by atoms with Gasteiger partial charge in [0.15, 0.2) is 0 Å². The minimum Gasteiger partial charge on any atom is -0.389 e. The molecule has 0 spiro atoms. The number of benzene rings is 1. The third-order valence-corrected chi connectivity index (χ3v) is 4.80. The molecule has 2 N–H and O–H groups in total. The molecule has 0 aromatic heterocycles. The van der Waals surface area contributed by atoms with E-state index < -0.39 is 11.6 Å². The molecule has 0 heterocycles. The molecule has 1 amide bonds. The van der Waals surface area contributed by atoms with Gasteiger partial charge in [0.25, 0.3) is 5.91 Å². The minimum absolute atomic E-state index is 0.0347. The lowest BCUT2D eigenvalue weighted by Crippen LogP contribution is -2.54. The lowest BCUT2D eigenvalue weighted by molar-refractivity contribution is 0.0651. The second-order valence-corrected chi connectivity index (χ2v) is 6.02. The van der Waals surface area contributed by atoms with Crippen molar-refractivity contribution in [1.82, 2.24) is 5.32 Å². The van der Waals surface area contributed by atoms with Gasteiger partial charge in [-0.1, -0.05) is 36.2 Å². The molecule has 0 aliphatic heterocycles. The zero-order valence-corrected chi connectivity index (χ0v) is 13.9. The van der Waals surface area contributed by atoms with Crippen LogP contribution in [0.4, 0.5) is 0 Å². The zero-order valence-electron chi connectivity index (χ0n) is 11.6. The summed E-state index contributed by atoms with van der Waals surface area (Å²) in [5.41, 5.74) is 0.260. The summed E-state index contributed by atoms with van der Waals surface area (Å²) < 4.78 is 0. The Morgan fingerprint density at radius 2 is 2.00 bits per heavy atom. The number of carbonyl (C=O) groups is 1. The number of alkyl halides is 1. The van der Waals surface area contributed by atoms with Gasteiger partial charge in [-0.25, -0.2) is 0 Å². The topological polar surface area (TPSA) is 49.3 Å². The van der Waals surface area contributed by atoms with Crippen LogP contribution in [0.25, 0.3) is 0 Å². The third kappa shape index (κ3) is 3.59. The second-order valence-electron chi connectivity index (χ2n) is 4.95. The summed E-state index contributed by atoms with van der Waals surface area (Å²) in [6.45, 7) is 5.41. The lowest BCUT2D eigenvalue weighted by Gasteiger charge is -2.33. The van der Waals surface area contributed by atoms with Gasteiger partial charge in [0.2, 0.25) is 0 Å². The van der Waals surface area contributed by atoms with Crippen LogP contribution in [-0.2, 0) is 0 Å². The standard InChI is InChI=1S/C14H18Cl3NO2/c1-4-14(3,10(19)7-15)18-13(20)9-6-5-8(2)11(16)12(9)17/h5-6,10,19H,4,7H2,1-3H3,(H,18,20). The number of aryl methyl sites for hydroxylation is 1. The number of carbonyl (C=O) groups excluding carboxylic acids is 1. The number of halogens is 3. The highest BCUT2D eigenvalue weighted by Gasteiger charge is 2.33. The number of aliphatic hydroxyl groups is 1. The molecule has 0 fully saturated rings. The normalized spacial score (nSPS) is 15.6. The van der Waals surface area contributed by atoms with Crippen LogP contribution in [-0.4, -0.2) is 28.5 Å². The van der Waals surface area contributed by atoms with E-state index in [1.807, 2.05) is 13.8 Å². The van der Waals surface area contributed by atoms with Gasteiger partial charge in [0, 0.05) is 0 Å². The summed E-state index contributed by atoms with van der Waals surface area (Å²) in [7, 11) is 0. The van der Waals surface area contributed by atoms with Gasteiger partial charge in [0.1, 0.15) is 0 Å². The SMILES string of the molecule is CCC(C)(NC(=O)c1ccc(C)c(Cl)c1Cl)C(O)CCl. The molecule has 1 aromatic rings. The summed E-state index contributed by atoms with van der Waals surface area (Å²) in [5, 5.41) is 13.3. The Balaban J connectivity index is 3.05. The molecular weight excluding hydrogens is 321 g/mol. The molecule has 1 aromatic carbocycles. The molecule has 0 aliphatic carbocycles. The molecule has 2 atom stereocenters. The van der Waals surface area contributed by atoms with Crippen LogP contribution in [0, 0.1) is 6.92 Å². The number of hydrogen-bond donors (Lipinski definition) is 2. The minimum atomic E-state index is -0.849. The summed E-state index contributed by atoms with van der Waals surface area (Å²) >= 11 is 17.8. The number of hydrogen-bond acceptors (Lipinski definition) is 2. The highest BCUT2D eigenvalue weighted by atomic mass is 35.5. The average Bonchev–Trinajstić information content (AvgIpc) is 2.43. The van der Waals surface area contributed by atoms with Crippen LogP contribution in [0.1, 0.15) is 36.2 Å². The van der Waals surface area contributed by atoms with Gasteiger partial charge in [-0.15, -0.1) is 11.6 Å². The fourth-order valence-electron chi connectivity index (χ4n) is 1.73. The highest BCUT2D eigenvalue weighted by molar-refractivity contribution is 6.44.